The van der Waals surface area contributed by atoms with Crippen molar-refractivity contribution in [3.63, 3.8) is 0 Å². The molecule has 0 amide bonds. The summed E-state index contributed by atoms with van der Waals surface area (Å²) in [5.74, 6) is 0.0633. The predicted molar refractivity (Wildman–Crippen MR) is 66.5 cm³/mol. The molecular formula is C9H21ClN2O3S. The molecule has 1 saturated heterocycles. The summed E-state index contributed by atoms with van der Waals surface area (Å²) in [6.45, 7) is 5.69. The number of halogens is 1. The summed E-state index contributed by atoms with van der Waals surface area (Å²) in [7, 11) is -1.65. The van der Waals surface area contributed by atoms with Crippen molar-refractivity contribution < 1.29 is 13.2 Å². The molecule has 0 saturated carbocycles. The number of hydrogen-bond acceptors (Lipinski definition) is 4. The number of ether oxygens (including phenoxy) is 1. The van der Waals surface area contributed by atoms with Gasteiger partial charge in [-0.05, 0) is 13.8 Å². The van der Waals surface area contributed by atoms with E-state index >= 15 is 0 Å². The first kappa shape index (κ1) is 16.1. The van der Waals surface area contributed by atoms with Crippen molar-refractivity contribution >= 4 is 22.4 Å². The molecule has 1 aliphatic rings. The van der Waals surface area contributed by atoms with Gasteiger partial charge >= 0.3 is 0 Å². The fourth-order valence-electron chi connectivity index (χ4n) is 1.70. The summed E-state index contributed by atoms with van der Waals surface area (Å²) in [5, 5.41) is 3.17. The molecule has 0 bridgehead atoms. The summed E-state index contributed by atoms with van der Waals surface area (Å²) in [4.78, 5) is 0. The Morgan fingerprint density at radius 2 is 2.19 bits per heavy atom. The van der Waals surface area contributed by atoms with E-state index in [1.807, 2.05) is 6.92 Å². The van der Waals surface area contributed by atoms with Crippen LogP contribution in [0.2, 0.25) is 0 Å². The number of methoxy groups -OCH3 is 1. The molecule has 16 heavy (non-hydrogen) atoms. The van der Waals surface area contributed by atoms with E-state index in [1.54, 1.807) is 11.2 Å². The molecule has 0 aromatic carbocycles. The average Bonchev–Trinajstić information content (AvgIpc) is 2.17. The molecule has 1 fully saturated rings. The fraction of sp³-hybridized carbons (Fsp3) is 1.00. The minimum Gasteiger partial charge on any atom is -0.381 e. The third kappa shape index (κ3) is 4.18. The van der Waals surface area contributed by atoms with E-state index < -0.39 is 10.0 Å². The van der Waals surface area contributed by atoms with E-state index in [0.717, 1.165) is 13.1 Å². The molecule has 1 unspecified atom stereocenters. The highest BCUT2D eigenvalue weighted by Crippen LogP contribution is 2.11. The molecule has 1 heterocycles. The van der Waals surface area contributed by atoms with Crippen LogP contribution in [0.3, 0.4) is 0 Å². The van der Waals surface area contributed by atoms with Gasteiger partial charge in [0.15, 0.2) is 0 Å². The van der Waals surface area contributed by atoms with Crippen LogP contribution in [-0.4, -0.2) is 57.4 Å². The summed E-state index contributed by atoms with van der Waals surface area (Å²) < 4.78 is 30.5. The number of piperazine rings is 1. The summed E-state index contributed by atoms with van der Waals surface area (Å²) in [6, 6.07) is 0.0350. The normalized spacial score (nSPS) is 24.8. The Morgan fingerprint density at radius 3 is 2.69 bits per heavy atom. The van der Waals surface area contributed by atoms with Crippen LogP contribution < -0.4 is 5.32 Å². The van der Waals surface area contributed by atoms with Crippen molar-refractivity contribution in [2.24, 2.45) is 0 Å². The molecule has 0 aromatic heterocycles. The zero-order chi connectivity index (χ0) is 11.5. The molecule has 7 heteroatoms. The molecule has 2 atom stereocenters. The van der Waals surface area contributed by atoms with Crippen molar-refractivity contribution in [2.45, 2.75) is 26.0 Å². The van der Waals surface area contributed by atoms with Crippen molar-refractivity contribution in [3.05, 3.63) is 0 Å². The maximum Gasteiger partial charge on any atom is 0.216 e. The zero-order valence-electron chi connectivity index (χ0n) is 9.97. The lowest BCUT2D eigenvalue weighted by molar-refractivity contribution is 0.134. The Kier molecular flexibility index (Phi) is 6.81. The van der Waals surface area contributed by atoms with Crippen molar-refractivity contribution in [1.29, 1.82) is 0 Å². The highest BCUT2D eigenvalue weighted by Gasteiger charge is 2.30. The third-order valence-corrected chi connectivity index (χ3v) is 4.79. The van der Waals surface area contributed by atoms with E-state index in [0.29, 0.717) is 6.54 Å². The zero-order valence-corrected chi connectivity index (χ0v) is 11.6. The Balaban J connectivity index is 0.00000225. The third-order valence-electron chi connectivity index (χ3n) is 2.65. The van der Waals surface area contributed by atoms with Crippen molar-refractivity contribution in [3.8, 4) is 0 Å². The molecule has 5 nitrogen and oxygen atoms in total. The maximum atomic E-state index is 12.0. The number of nitrogens with one attached hydrogen (secondary N) is 1. The van der Waals surface area contributed by atoms with Crippen LogP contribution >= 0.6 is 12.4 Å². The molecule has 1 aliphatic heterocycles. The van der Waals surface area contributed by atoms with Crippen LogP contribution in [0.4, 0.5) is 0 Å². The number of nitrogens with zero attached hydrogens (tertiary/aromatic N) is 1. The standard InChI is InChI=1S/C9H20N2O3S.ClH/c1-8-6-10-4-5-11(8)15(12,13)7-9(2)14-3;/h8-10H,4-7H2,1-3H3;1H/t8-,9?;/m1./s1. The first-order chi connectivity index (χ1) is 6.97. The Morgan fingerprint density at radius 1 is 1.56 bits per heavy atom. The minimum atomic E-state index is -3.18. The second-order valence-electron chi connectivity index (χ2n) is 3.99. The molecule has 1 N–H and O–H groups in total. The summed E-state index contributed by atoms with van der Waals surface area (Å²) in [6.07, 6.45) is -0.253. The van der Waals surface area contributed by atoms with E-state index in [-0.39, 0.29) is 30.3 Å². The lowest BCUT2D eigenvalue weighted by Crippen LogP contribution is -2.53. The largest absolute Gasteiger partial charge is 0.381 e. The summed E-state index contributed by atoms with van der Waals surface area (Å²) >= 11 is 0. The molecule has 0 aromatic rings. The van der Waals surface area contributed by atoms with Gasteiger partial charge in [-0.15, -0.1) is 12.4 Å². The Hall–Kier alpha value is 0.120. The smallest absolute Gasteiger partial charge is 0.216 e. The van der Waals surface area contributed by atoms with Crippen LogP contribution in [-0.2, 0) is 14.8 Å². The van der Waals surface area contributed by atoms with Crippen LogP contribution in [0, 0.1) is 0 Å². The molecule has 0 aliphatic carbocycles. The maximum absolute atomic E-state index is 12.0. The van der Waals surface area contributed by atoms with Crippen LogP contribution in [0.15, 0.2) is 0 Å². The lowest BCUT2D eigenvalue weighted by Gasteiger charge is -2.33. The van der Waals surface area contributed by atoms with Crippen LogP contribution in [0.1, 0.15) is 13.8 Å². The number of hydrogen-bond donors (Lipinski definition) is 1. The number of sulfonamides is 1. The van der Waals surface area contributed by atoms with Gasteiger partial charge in [-0.3, -0.25) is 0 Å². The topological polar surface area (TPSA) is 58.6 Å². The quantitative estimate of drug-likeness (QED) is 0.787. The van der Waals surface area contributed by atoms with Gasteiger partial charge in [0, 0.05) is 32.8 Å². The van der Waals surface area contributed by atoms with Crippen LogP contribution in [0.5, 0.6) is 0 Å². The van der Waals surface area contributed by atoms with Gasteiger partial charge in [0.2, 0.25) is 10.0 Å². The van der Waals surface area contributed by atoms with E-state index in [1.165, 1.54) is 7.11 Å². The first-order valence-corrected chi connectivity index (χ1v) is 6.81. The Bertz CT molecular complexity index is 297. The molecular weight excluding hydrogens is 252 g/mol. The van der Waals surface area contributed by atoms with Crippen molar-refractivity contribution in [2.75, 3.05) is 32.5 Å². The van der Waals surface area contributed by atoms with E-state index in [2.05, 4.69) is 5.32 Å². The molecule has 0 radical (unpaired) electrons. The summed E-state index contributed by atoms with van der Waals surface area (Å²) in [5.41, 5.74) is 0. The first-order valence-electron chi connectivity index (χ1n) is 5.20. The average molecular weight is 273 g/mol. The second-order valence-corrected chi connectivity index (χ2v) is 5.95. The van der Waals surface area contributed by atoms with Crippen molar-refractivity contribution in [1.82, 2.24) is 9.62 Å². The van der Waals surface area contributed by atoms with Gasteiger partial charge in [-0.2, -0.15) is 4.31 Å². The van der Waals surface area contributed by atoms with Gasteiger partial charge in [-0.1, -0.05) is 0 Å². The van der Waals surface area contributed by atoms with Crippen LogP contribution in [0.25, 0.3) is 0 Å². The molecule has 1 rings (SSSR count). The SMILES string of the molecule is COC(C)CS(=O)(=O)N1CCNC[C@H]1C.Cl. The van der Waals surface area contributed by atoms with E-state index in [9.17, 15) is 8.42 Å². The van der Waals surface area contributed by atoms with Gasteiger partial charge < -0.3 is 10.1 Å². The number of rotatable bonds is 4. The van der Waals surface area contributed by atoms with Gasteiger partial charge in [0.25, 0.3) is 0 Å². The Labute approximate surface area is 104 Å². The van der Waals surface area contributed by atoms with E-state index in [4.69, 9.17) is 4.74 Å². The van der Waals surface area contributed by atoms with Gasteiger partial charge in [0.05, 0.1) is 11.9 Å². The fourth-order valence-corrected chi connectivity index (χ4v) is 3.61. The highest BCUT2D eigenvalue weighted by atomic mass is 35.5. The highest BCUT2D eigenvalue weighted by molar-refractivity contribution is 7.89. The minimum absolute atomic E-state index is 0. The second kappa shape index (κ2) is 6.76. The monoisotopic (exact) mass is 272 g/mol. The van der Waals surface area contributed by atoms with Gasteiger partial charge in [-0.25, -0.2) is 8.42 Å². The lowest BCUT2D eigenvalue weighted by atomic mass is 10.3. The molecule has 98 valence electrons. The predicted octanol–water partition coefficient (Wildman–Crippen LogP) is 0.0666. The molecule has 0 spiro atoms. The van der Waals surface area contributed by atoms with Gasteiger partial charge in [0.1, 0.15) is 0 Å².